The van der Waals surface area contributed by atoms with E-state index in [1.54, 1.807) is 0 Å². The van der Waals surface area contributed by atoms with Crippen LogP contribution in [0.15, 0.2) is 70.0 Å². The van der Waals surface area contributed by atoms with Gasteiger partial charge in [-0.05, 0) is 29.4 Å². The number of benzene rings is 2. The van der Waals surface area contributed by atoms with Crippen molar-refractivity contribution in [3.05, 3.63) is 87.2 Å². The minimum Gasteiger partial charge on any atom is -0.397 e. The Hall–Kier alpha value is -4.04. The third kappa shape index (κ3) is 3.21. The van der Waals surface area contributed by atoms with Crippen LogP contribution in [0.2, 0.25) is 0 Å². The number of nitrogens with two attached hydrogens (primary N) is 1. The molecular weight excluding hydrogens is 424 g/mol. The molecule has 3 N–H and O–H groups in total. The monoisotopic (exact) mass is 443 g/mol. The number of rotatable bonds is 4. The fraction of sp³-hybridized carbons (Fsp3) is 0.0833. The molecule has 0 aliphatic heterocycles. The molecule has 8 heteroatoms. The van der Waals surface area contributed by atoms with Gasteiger partial charge in [0.25, 0.3) is 5.78 Å². The van der Waals surface area contributed by atoms with E-state index in [0.717, 1.165) is 27.9 Å². The maximum absolute atomic E-state index is 13.2. The normalized spacial score (nSPS) is 11.2. The molecule has 0 spiro atoms. The lowest BCUT2D eigenvalue weighted by atomic mass is 9.98. The van der Waals surface area contributed by atoms with Crippen molar-refractivity contribution in [1.82, 2.24) is 10.3 Å². The molecule has 0 atom stereocenters. The molecular formula is C24H19N4O3S+. The Bertz CT molecular complexity index is 1530. The van der Waals surface area contributed by atoms with Crippen molar-refractivity contribution < 1.29 is 14.0 Å². The maximum atomic E-state index is 13.2. The Morgan fingerprint density at radius 2 is 1.81 bits per heavy atom. The molecule has 3 aromatic heterocycles. The topological polar surface area (TPSA) is 106 Å². The number of anilines is 1. The number of thiophene rings is 1. The van der Waals surface area contributed by atoms with Crippen molar-refractivity contribution in [3.63, 3.8) is 0 Å². The van der Waals surface area contributed by atoms with Crippen LogP contribution in [0.5, 0.6) is 0 Å². The summed E-state index contributed by atoms with van der Waals surface area (Å²) in [7, 11) is 1.53. The number of hydrogen-bond acceptors (Lipinski definition) is 6. The molecule has 5 rings (SSSR count). The minimum absolute atomic E-state index is 0.122. The number of fused-ring (bicyclic) bond motifs is 1. The van der Waals surface area contributed by atoms with Crippen LogP contribution in [0.25, 0.3) is 32.6 Å². The van der Waals surface area contributed by atoms with Crippen LogP contribution in [0.3, 0.4) is 0 Å². The van der Waals surface area contributed by atoms with E-state index < -0.39 is 11.4 Å². The summed E-state index contributed by atoms with van der Waals surface area (Å²) in [6.45, 7) is 2.03. The van der Waals surface area contributed by atoms with E-state index >= 15 is 0 Å². The number of nitrogens with zero attached hydrogens (tertiary/aromatic N) is 2. The van der Waals surface area contributed by atoms with E-state index in [1.807, 2.05) is 67.6 Å². The number of carbonyl (C=O) groups is 1. The van der Waals surface area contributed by atoms with E-state index in [-0.39, 0.29) is 10.6 Å². The molecule has 7 nitrogen and oxygen atoms in total. The van der Waals surface area contributed by atoms with Gasteiger partial charge in [-0.3, -0.25) is 9.32 Å². The molecule has 0 saturated heterocycles. The van der Waals surface area contributed by atoms with Crippen molar-refractivity contribution >= 4 is 33.0 Å². The Labute approximate surface area is 186 Å². The zero-order valence-electron chi connectivity index (χ0n) is 17.4. The summed E-state index contributed by atoms with van der Waals surface area (Å²) in [6, 6.07) is 19.9. The number of hydrogen-bond donors (Lipinski definition) is 2. The molecule has 0 fully saturated rings. The third-order valence-electron chi connectivity index (χ3n) is 5.36. The Kier molecular flexibility index (Phi) is 4.71. The largest absolute Gasteiger partial charge is 0.438 e. The van der Waals surface area contributed by atoms with Crippen LogP contribution >= 0.6 is 11.3 Å². The van der Waals surface area contributed by atoms with Gasteiger partial charge < -0.3 is 5.73 Å². The SMILES string of the molecule is Cc1ccc(-c2cc(-c3ccccc3)nc3sc(C(=O)c4c(=O)o[nH][n+]4C)c(N)c23)cc1. The van der Waals surface area contributed by atoms with Crippen molar-refractivity contribution in [1.29, 1.82) is 0 Å². The number of nitrogen functional groups attached to an aromatic ring is 1. The zero-order chi connectivity index (χ0) is 22.4. The van der Waals surface area contributed by atoms with Gasteiger partial charge in [0, 0.05) is 10.9 Å². The summed E-state index contributed by atoms with van der Waals surface area (Å²) in [6.07, 6.45) is 0. The predicted octanol–water partition coefficient (Wildman–Crippen LogP) is 3.86. The molecule has 2 aromatic carbocycles. The van der Waals surface area contributed by atoms with Crippen molar-refractivity contribution in [2.45, 2.75) is 6.92 Å². The first-order valence-electron chi connectivity index (χ1n) is 9.91. The first-order chi connectivity index (χ1) is 15.4. The lowest BCUT2D eigenvalue weighted by Gasteiger charge is -2.09. The van der Waals surface area contributed by atoms with Crippen LogP contribution in [0.4, 0.5) is 5.69 Å². The zero-order valence-corrected chi connectivity index (χ0v) is 18.2. The molecule has 32 heavy (non-hydrogen) atoms. The fourth-order valence-corrected chi connectivity index (χ4v) is 4.76. The molecule has 0 saturated carbocycles. The first kappa shape index (κ1) is 19.9. The van der Waals surface area contributed by atoms with Gasteiger partial charge in [0.1, 0.15) is 9.71 Å². The fourth-order valence-electron chi connectivity index (χ4n) is 3.70. The van der Waals surface area contributed by atoms with Crippen LogP contribution in [-0.4, -0.2) is 16.0 Å². The van der Waals surface area contributed by atoms with Gasteiger partial charge in [-0.2, -0.15) is 0 Å². The Morgan fingerprint density at radius 3 is 2.47 bits per heavy atom. The highest BCUT2D eigenvalue weighted by atomic mass is 32.1. The second kappa shape index (κ2) is 7.58. The van der Waals surface area contributed by atoms with Gasteiger partial charge in [-0.25, -0.2) is 9.78 Å². The summed E-state index contributed by atoms with van der Waals surface area (Å²) in [5, 5.41) is 3.07. The maximum Gasteiger partial charge on any atom is 0.438 e. The first-order valence-corrected chi connectivity index (χ1v) is 10.7. The molecule has 0 bridgehead atoms. The predicted molar refractivity (Wildman–Crippen MR) is 124 cm³/mol. The van der Waals surface area contributed by atoms with Gasteiger partial charge >= 0.3 is 11.3 Å². The average molecular weight is 444 g/mol. The molecule has 0 aliphatic rings. The number of aromatic nitrogens is 3. The summed E-state index contributed by atoms with van der Waals surface area (Å²) < 4.78 is 5.99. The number of aryl methyl sites for hydroxylation is 2. The second-order valence-electron chi connectivity index (χ2n) is 7.53. The standard InChI is InChI=1S/C24H18N4O3S/c1-13-8-10-14(11-9-13)16-12-17(15-6-4-3-5-7-15)26-23-18(16)19(25)22(32-23)21(29)20-24(30)31-27-28(20)2/h3-12H,1-2H3,(H2-,25,27,29,30)/p+1. The average Bonchev–Trinajstić information content (AvgIpc) is 3.32. The lowest BCUT2D eigenvalue weighted by molar-refractivity contribution is -0.741. The smallest absolute Gasteiger partial charge is 0.397 e. The number of ketones is 1. The summed E-state index contributed by atoms with van der Waals surface area (Å²) in [4.78, 5) is 30.9. The van der Waals surface area contributed by atoms with Crippen molar-refractivity contribution in [2.24, 2.45) is 7.05 Å². The van der Waals surface area contributed by atoms with Crippen molar-refractivity contribution in [2.75, 3.05) is 5.73 Å². The highest BCUT2D eigenvalue weighted by Crippen LogP contribution is 2.41. The molecule has 0 amide bonds. The van der Waals surface area contributed by atoms with Crippen molar-refractivity contribution in [3.8, 4) is 22.4 Å². The highest BCUT2D eigenvalue weighted by Gasteiger charge is 2.32. The summed E-state index contributed by atoms with van der Waals surface area (Å²) in [5.74, 6) is -0.501. The van der Waals surface area contributed by atoms with E-state index in [9.17, 15) is 9.59 Å². The Balaban J connectivity index is 1.79. The Morgan fingerprint density at radius 1 is 1.09 bits per heavy atom. The van der Waals surface area contributed by atoms with E-state index in [4.69, 9.17) is 15.2 Å². The van der Waals surface area contributed by atoms with Crippen LogP contribution in [0, 0.1) is 6.92 Å². The number of pyridine rings is 1. The second-order valence-corrected chi connectivity index (χ2v) is 8.53. The van der Waals surface area contributed by atoms with Crippen LogP contribution < -0.4 is 16.0 Å². The number of aromatic amines is 1. The van der Waals surface area contributed by atoms with Crippen LogP contribution in [0.1, 0.15) is 20.9 Å². The summed E-state index contributed by atoms with van der Waals surface area (Å²) >= 11 is 1.18. The van der Waals surface area contributed by atoms with Crippen LogP contribution in [-0.2, 0) is 7.05 Å². The van der Waals surface area contributed by atoms with Gasteiger partial charge in [0.2, 0.25) is 0 Å². The highest BCUT2D eigenvalue weighted by molar-refractivity contribution is 7.21. The minimum atomic E-state index is -0.744. The molecule has 0 aliphatic carbocycles. The van der Waals surface area contributed by atoms with Gasteiger partial charge in [-0.15, -0.1) is 11.3 Å². The van der Waals surface area contributed by atoms with Gasteiger partial charge in [0.05, 0.1) is 11.4 Å². The quantitative estimate of drug-likeness (QED) is 0.324. The molecule has 5 aromatic rings. The summed E-state index contributed by atoms with van der Waals surface area (Å²) in [5.41, 5.74) is 10.7. The van der Waals surface area contributed by atoms with Gasteiger partial charge in [-0.1, -0.05) is 64.8 Å². The third-order valence-corrected chi connectivity index (χ3v) is 6.45. The molecule has 0 unspecified atom stereocenters. The van der Waals surface area contributed by atoms with E-state index in [0.29, 0.717) is 15.9 Å². The molecule has 3 heterocycles. The van der Waals surface area contributed by atoms with E-state index in [2.05, 4.69) is 5.27 Å². The molecule has 0 radical (unpaired) electrons. The molecule has 158 valence electrons. The van der Waals surface area contributed by atoms with E-state index in [1.165, 1.54) is 23.1 Å². The number of nitrogens with one attached hydrogen (secondary N) is 1. The number of H-pyrrole nitrogens is 1. The lowest BCUT2D eigenvalue weighted by Crippen LogP contribution is -2.39. The van der Waals surface area contributed by atoms with Gasteiger partial charge in [0.15, 0.2) is 7.05 Å². The number of carbonyl (C=O) groups excluding carboxylic acids is 1.